The Hall–Kier alpha value is -0.580. The largest absolute Gasteiger partial charge is 0.369 e. The van der Waals surface area contributed by atoms with Gasteiger partial charge in [-0.3, -0.25) is 4.79 Å². The Morgan fingerprint density at radius 3 is 2.81 bits per heavy atom. The highest BCUT2D eigenvalue weighted by Crippen LogP contribution is 2.25. The van der Waals surface area contributed by atoms with Crippen molar-refractivity contribution >= 4 is 39.1 Å². The molecule has 1 aromatic rings. The summed E-state index contributed by atoms with van der Waals surface area (Å²) in [6.45, 7) is 3.78. The summed E-state index contributed by atoms with van der Waals surface area (Å²) in [6.07, 6.45) is 0.0335. The molecule has 0 aliphatic carbocycles. The lowest BCUT2D eigenvalue weighted by molar-refractivity contribution is -0.121. The summed E-state index contributed by atoms with van der Waals surface area (Å²) >= 11 is 9.24. The third-order valence-corrected chi connectivity index (χ3v) is 2.56. The fourth-order valence-corrected chi connectivity index (χ4v) is 1.74. The van der Waals surface area contributed by atoms with E-state index in [0.717, 1.165) is 4.47 Å². The number of halogens is 2. The van der Waals surface area contributed by atoms with Gasteiger partial charge < -0.3 is 10.1 Å². The maximum atomic E-state index is 11.4. The van der Waals surface area contributed by atoms with Crippen molar-refractivity contribution in [2.24, 2.45) is 0 Å². The van der Waals surface area contributed by atoms with E-state index in [1.54, 1.807) is 12.1 Å². The van der Waals surface area contributed by atoms with Gasteiger partial charge in [0.05, 0.1) is 16.8 Å². The van der Waals surface area contributed by atoms with E-state index in [9.17, 15) is 4.79 Å². The molecule has 1 N–H and O–H groups in total. The normalized spacial score (nSPS) is 10.6. The van der Waals surface area contributed by atoms with Crippen LogP contribution in [0.5, 0.6) is 0 Å². The second-order valence-electron chi connectivity index (χ2n) is 3.53. The van der Waals surface area contributed by atoms with Crippen molar-refractivity contribution in [2.75, 3.05) is 11.9 Å². The molecule has 0 aliphatic rings. The van der Waals surface area contributed by atoms with Crippen LogP contribution in [0.1, 0.15) is 13.8 Å². The Labute approximate surface area is 108 Å². The van der Waals surface area contributed by atoms with Crippen molar-refractivity contribution in [1.29, 1.82) is 0 Å². The van der Waals surface area contributed by atoms with Crippen LogP contribution in [0, 0.1) is 0 Å². The van der Waals surface area contributed by atoms with E-state index in [2.05, 4.69) is 21.2 Å². The summed E-state index contributed by atoms with van der Waals surface area (Å²) in [6, 6.07) is 5.27. The first kappa shape index (κ1) is 13.5. The minimum atomic E-state index is -0.210. The van der Waals surface area contributed by atoms with E-state index < -0.39 is 0 Å². The monoisotopic (exact) mass is 305 g/mol. The summed E-state index contributed by atoms with van der Waals surface area (Å²) in [5.41, 5.74) is 0.585. The molecule has 0 unspecified atom stereocenters. The Morgan fingerprint density at radius 2 is 2.25 bits per heavy atom. The topological polar surface area (TPSA) is 38.3 Å². The van der Waals surface area contributed by atoms with Gasteiger partial charge in [0.1, 0.15) is 6.61 Å². The molecule has 1 rings (SSSR count). The molecule has 0 atom stereocenters. The van der Waals surface area contributed by atoms with Crippen LogP contribution in [0.3, 0.4) is 0 Å². The predicted molar refractivity (Wildman–Crippen MR) is 68.9 cm³/mol. The van der Waals surface area contributed by atoms with Crippen LogP contribution in [0.25, 0.3) is 0 Å². The number of hydrogen-bond acceptors (Lipinski definition) is 2. The SMILES string of the molecule is CC(C)OCC(=O)Nc1ccc(Br)cc1Cl. The summed E-state index contributed by atoms with van der Waals surface area (Å²) in [4.78, 5) is 11.4. The van der Waals surface area contributed by atoms with Gasteiger partial charge in [-0.2, -0.15) is 0 Å². The minimum Gasteiger partial charge on any atom is -0.369 e. The lowest BCUT2D eigenvalue weighted by Gasteiger charge is -2.09. The lowest BCUT2D eigenvalue weighted by Crippen LogP contribution is -2.20. The first-order chi connectivity index (χ1) is 7.49. The van der Waals surface area contributed by atoms with Crippen LogP contribution in [-0.4, -0.2) is 18.6 Å². The lowest BCUT2D eigenvalue weighted by atomic mass is 10.3. The summed E-state index contributed by atoms with van der Waals surface area (Å²) in [5.74, 6) is -0.210. The predicted octanol–water partition coefficient (Wildman–Crippen LogP) is 3.47. The standard InChI is InChI=1S/C11H13BrClNO2/c1-7(2)16-6-11(15)14-10-4-3-8(12)5-9(10)13/h3-5,7H,6H2,1-2H3,(H,14,15). The second kappa shape index (κ2) is 6.23. The molecule has 0 fully saturated rings. The van der Waals surface area contributed by atoms with Gasteiger partial charge in [-0.05, 0) is 32.0 Å². The second-order valence-corrected chi connectivity index (χ2v) is 4.85. The summed E-state index contributed by atoms with van der Waals surface area (Å²) < 4.78 is 6.04. The van der Waals surface area contributed by atoms with Gasteiger partial charge in [0.25, 0.3) is 0 Å². The molecule has 0 saturated carbocycles. The van der Waals surface area contributed by atoms with E-state index in [0.29, 0.717) is 10.7 Å². The fraction of sp³-hybridized carbons (Fsp3) is 0.364. The van der Waals surface area contributed by atoms with Crippen LogP contribution >= 0.6 is 27.5 Å². The molecule has 0 heterocycles. The van der Waals surface area contributed by atoms with Crippen LogP contribution in [0.2, 0.25) is 5.02 Å². The quantitative estimate of drug-likeness (QED) is 0.925. The molecule has 16 heavy (non-hydrogen) atoms. The van der Waals surface area contributed by atoms with Crippen molar-refractivity contribution in [2.45, 2.75) is 20.0 Å². The number of ether oxygens (including phenoxy) is 1. The number of rotatable bonds is 4. The Balaban J connectivity index is 2.56. The molecule has 3 nitrogen and oxygen atoms in total. The molecule has 0 spiro atoms. The van der Waals surface area contributed by atoms with Gasteiger partial charge in [-0.25, -0.2) is 0 Å². The van der Waals surface area contributed by atoms with Gasteiger partial charge in [0.2, 0.25) is 5.91 Å². The minimum absolute atomic E-state index is 0.0318. The summed E-state index contributed by atoms with van der Waals surface area (Å²) in [7, 11) is 0. The number of amides is 1. The highest BCUT2D eigenvalue weighted by molar-refractivity contribution is 9.10. The van der Waals surface area contributed by atoms with E-state index in [1.807, 2.05) is 19.9 Å². The van der Waals surface area contributed by atoms with E-state index in [-0.39, 0.29) is 18.6 Å². The molecule has 1 aromatic carbocycles. The molecule has 0 aromatic heterocycles. The summed E-state index contributed by atoms with van der Waals surface area (Å²) in [5, 5.41) is 3.17. The molecule has 0 radical (unpaired) electrons. The first-order valence-corrected chi connectivity index (χ1v) is 6.02. The fourth-order valence-electron chi connectivity index (χ4n) is 1.02. The van der Waals surface area contributed by atoms with Crippen molar-refractivity contribution < 1.29 is 9.53 Å². The molecular formula is C11H13BrClNO2. The van der Waals surface area contributed by atoms with Gasteiger partial charge in [-0.15, -0.1) is 0 Å². The smallest absolute Gasteiger partial charge is 0.250 e. The van der Waals surface area contributed by atoms with E-state index in [1.165, 1.54) is 0 Å². The van der Waals surface area contributed by atoms with Crippen molar-refractivity contribution in [3.63, 3.8) is 0 Å². The number of carbonyl (C=O) groups excluding carboxylic acids is 1. The average molecular weight is 307 g/mol. The molecule has 1 amide bonds. The maximum Gasteiger partial charge on any atom is 0.250 e. The maximum absolute atomic E-state index is 11.4. The highest BCUT2D eigenvalue weighted by Gasteiger charge is 2.07. The highest BCUT2D eigenvalue weighted by atomic mass is 79.9. The van der Waals surface area contributed by atoms with Crippen LogP contribution in [-0.2, 0) is 9.53 Å². The number of anilines is 1. The first-order valence-electron chi connectivity index (χ1n) is 4.85. The van der Waals surface area contributed by atoms with Gasteiger partial charge >= 0.3 is 0 Å². The molecule has 88 valence electrons. The Kier molecular flexibility index (Phi) is 5.25. The zero-order chi connectivity index (χ0) is 12.1. The molecule has 5 heteroatoms. The molecular weight excluding hydrogens is 293 g/mol. The van der Waals surface area contributed by atoms with Crippen molar-refractivity contribution in [3.8, 4) is 0 Å². The molecule has 0 aliphatic heterocycles. The van der Waals surface area contributed by atoms with Gasteiger partial charge in [-0.1, -0.05) is 27.5 Å². The number of nitrogens with one attached hydrogen (secondary N) is 1. The molecule has 0 bridgehead atoms. The van der Waals surface area contributed by atoms with Crippen LogP contribution in [0.4, 0.5) is 5.69 Å². The van der Waals surface area contributed by atoms with Crippen molar-refractivity contribution in [3.05, 3.63) is 27.7 Å². The zero-order valence-corrected chi connectivity index (χ0v) is 11.4. The van der Waals surface area contributed by atoms with Gasteiger partial charge in [0, 0.05) is 4.47 Å². The van der Waals surface area contributed by atoms with E-state index in [4.69, 9.17) is 16.3 Å². The Bertz CT molecular complexity index is 382. The van der Waals surface area contributed by atoms with Crippen LogP contribution in [0.15, 0.2) is 22.7 Å². The van der Waals surface area contributed by atoms with E-state index >= 15 is 0 Å². The molecule has 0 saturated heterocycles. The number of benzene rings is 1. The van der Waals surface area contributed by atoms with Crippen molar-refractivity contribution in [1.82, 2.24) is 0 Å². The van der Waals surface area contributed by atoms with Gasteiger partial charge in [0.15, 0.2) is 0 Å². The number of hydrogen-bond donors (Lipinski definition) is 1. The number of carbonyl (C=O) groups is 1. The third-order valence-electron chi connectivity index (χ3n) is 1.75. The third kappa shape index (κ3) is 4.51. The average Bonchev–Trinajstić information content (AvgIpc) is 2.19. The Morgan fingerprint density at radius 1 is 1.56 bits per heavy atom. The zero-order valence-electron chi connectivity index (χ0n) is 9.09. The van der Waals surface area contributed by atoms with Crippen LogP contribution < -0.4 is 5.32 Å².